The van der Waals surface area contributed by atoms with Crippen LogP contribution in [-0.2, 0) is 11.2 Å². The first-order chi connectivity index (χ1) is 17.7. The number of aliphatic hydroxyl groups excluding tert-OH is 1. The highest BCUT2D eigenvalue weighted by atomic mass is 19.2. The molecule has 2 fully saturated rings. The van der Waals surface area contributed by atoms with Crippen molar-refractivity contribution in [1.82, 2.24) is 9.80 Å². The molecule has 7 heteroatoms. The van der Waals surface area contributed by atoms with E-state index in [1.807, 2.05) is 32.0 Å². The molecular formula is C30H40F2N2O3. The van der Waals surface area contributed by atoms with Crippen LogP contribution in [0.1, 0.15) is 56.6 Å². The second-order valence-electron chi connectivity index (χ2n) is 11.2. The molecule has 0 saturated carbocycles. The van der Waals surface area contributed by atoms with Gasteiger partial charge in [0.25, 0.3) is 0 Å². The Kier molecular flexibility index (Phi) is 9.32. The highest BCUT2D eigenvalue weighted by molar-refractivity contribution is 5.73. The third-order valence-electron chi connectivity index (χ3n) is 8.24. The number of carboxylic acid groups (broad SMARTS) is 1. The van der Waals surface area contributed by atoms with Crippen LogP contribution in [0.5, 0.6) is 0 Å². The van der Waals surface area contributed by atoms with Crippen LogP contribution in [0.4, 0.5) is 8.78 Å². The zero-order valence-electron chi connectivity index (χ0n) is 21.9. The fourth-order valence-electron chi connectivity index (χ4n) is 6.41. The van der Waals surface area contributed by atoms with E-state index >= 15 is 0 Å². The third kappa shape index (κ3) is 6.95. The quantitative estimate of drug-likeness (QED) is 0.470. The van der Waals surface area contributed by atoms with Crippen LogP contribution >= 0.6 is 0 Å². The molecule has 0 aliphatic carbocycles. The maximum Gasteiger partial charge on any atom is 0.321 e. The summed E-state index contributed by atoms with van der Waals surface area (Å²) in [6.07, 6.45) is 3.46. The standard InChI is InChI=1S/C30H40F2N2O3/c1-20(2)29(30(36)37)34-18-23(26(19-34)22-8-4-3-5-9-22)17-33-14-13-25(35)16-24(33)10-6-7-21-11-12-27(31)28(32)15-21/h3-5,8-9,11-12,15,20,23-26,29,35H,6-7,10,13-14,16-19H2,1-2H3,(H,36,37)/t23-,24?,25?,26+,29+/m0/s1. The number of aliphatic carboxylic acids is 1. The normalized spacial score (nSPS) is 26.0. The Morgan fingerprint density at radius 1 is 1.08 bits per heavy atom. The number of carboxylic acids is 1. The molecule has 0 bridgehead atoms. The van der Waals surface area contributed by atoms with E-state index in [9.17, 15) is 23.8 Å². The number of rotatable bonds is 10. The summed E-state index contributed by atoms with van der Waals surface area (Å²) in [6.45, 7) is 7.05. The Morgan fingerprint density at radius 3 is 2.51 bits per heavy atom. The molecule has 2 heterocycles. The number of aliphatic hydroxyl groups is 1. The molecule has 202 valence electrons. The molecule has 5 nitrogen and oxygen atoms in total. The molecule has 0 amide bonds. The number of likely N-dealkylation sites (tertiary alicyclic amines) is 2. The van der Waals surface area contributed by atoms with Crippen LogP contribution in [0, 0.1) is 23.5 Å². The number of hydrogen-bond acceptors (Lipinski definition) is 4. The number of nitrogens with zero attached hydrogens (tertiary/aromatic N) is 2. The number of piperidine rings is 1. The number of hydrogen-bond donors (Lipinski definition) is 2. The summed E-state index contributed by atoms with van der Waals surface area (Å²) >= 11 is 0. The molecule has 0 spiro atoms. The van der Waals surface area contributed by atoms with Crippen molar-refractivity contribution in [3.63, 3.8) is 0 Å². The minimum atomic E-state index is -0.827. The fraction of sp³-hybridized carbons (Fsp3) is 0.567. The van der Waals surface area contributed by atoms with Crippen LogP contribution in [0.25, 0.3) is 0 Å². The Morgan fingerprint density at radius 2 is 1.84 bits per heavy atom. The first-order valence-corrected chi connectivity index (χ1v) is 13.6. The highest BCUT2D eigenvalue weighted by Crippen LogP contribution is 2.37. The van der Waals surface area contributed by atoms with Crippen molar-refractivity contribution in [2.75, 3.05) is 26.2 Å². The van der Waals surface area contributed by atoms with Gasteiger partial charge in [-0.3, -0.25) is 14.6 Å². The SMILES string of the molecule is CC(C)[C@H](C(=O)O)N1C[C@H](CN2CCC(O)CC2CCCc2ccc(F)c(F)c2)[C@@H](c2ccccc2)C1. The molecule has 2 N–H and O–H groups in total. The molecule has 2 aromatic rings. The third-order valence-corrected chi connectivity index (χ3v) is 8.24. The predicted molar refractivity (Wildman–Crippen MR) is 140 cm³/mol. The van der Waals surface area contributed by atoms with Crippen LogP contribution in [-0.4, -0.2) is 70.3 Å². The lowest BCUT2D eigenvalue weighted by molar-refractivity contribution is -0.144. The van der Waals surface area contributed by atoms with Crippen LogP contribution in [0.3, 0.4) is 0 Å². The molecule has 0 radical (unpaired) electrons. The smallest absolute Gasteiger partial charge is 0.321 e. The Hall–Kier alpha value is -2.35. The summed E-state index contributed by atoms with van der Waals surface area (Å²) in [5.74, 6) is -1.86. The second kappa shape index (κ2) is 12.5. The van der Waals surface area contributed by atoms with Crippen LogP contribution < -0.4 is 0 Å². The van der Waals surface area contributed by atoms with E-state index in [4.69, 9.17) is 0 Å². The zero-order valence-corrected chi connectivity index (χ0v) is 21.9. The number of aryl methyl sites for hydroxylation is 1. The topological polar surface area (TPSA) is 64.0 Å². The van der Waals surface area contributed by atoms with Crippen molar-refractivity contribution in [2.45, 2.75) is 70.1 Å². The lowest BCUT2D eigenvalue weighted by atomic mass is 9.86. The van der Waals surface area contributed by atoms with Crippen LogP contribution in [0.15, 0.2) is 48.5 Å². The van der Waals surface area contributed by atoms with Crippen LogP contribution in [0.2, 0.25) is 0 Å². The van der Waals surface area contributed by atoms with Crippen molar-refractivity contribution in [1.29, 1.82) is 0 Å². The lowest BCUT2D eigenvalue weighted by Gasteiger charge is -2.40. The maximum atomic E-state index is 13.6. The molecule has 0 aromatic heterocycles. The van der Waals surface area contributed by atoms with Gasteiger partial charge in [-0.2, -0.15) is 0 Å². The first-order valence-electron chi connectivity index (χ1n) is 13.6. The van der Waals surface area contributed by atoms with E-state index in [0.29, 0.717) is 12.8 Å². The summed E-state index contributed by atoms with van der Waals surface area (Å²) in [6, 6.07) is 14.2. The largest absolute Gasteiger partial charge is 0.480 e. The fourth-order valence-corrected chi connectivity index (χ4v) is 6.41. The predicted octanol–water partition coefficient (Wildman–Crippen LogP) is 4.94. The molecule has 2 unspecified atom stereocenters. The molecular weight excluding hydrogens is 474 g/mol. The molecule has 2 aromatic carbocycles. The average molecular weight is 515 g/mol. The van der Waals surface area contributed by atoms with Crippen molar-refractivity contribution >= 4 is 5.97 Å². The molecule has 2 aliphatic rings. The van der Waals surface area contributed by atoms with Crippen molar-refractivity contribution in [3.05, 3.63) is 71.3 Å². The van der Waals surface area contributed by atoms with Gasteiger partial charge in [0.2, 0.25) is 0 Å². The summed E-state index contributed by atoms with van der Waals surface area (Å²) in [5.41, 5.74) is 2.03. The van der Waals surface area contributed by atoms with Gasteiger partial charge in [0.15, 0.2) is 11.6 Å². The van der Waals surface area contributed by atoms with E-state index in [1.54, 1.807) is 6.07 Å². The minimum Gasteiger partial charge on any atom is -0.480 e. The zero-order chi connectivity index (χ0) is 26.5. The van der Waals surface area contributed by atoms with E-state index in [0.717, 1.165) is 51.0 Å². The molecule has 37 heavy (non-hydrogen) atoms. The number of benzene rings is 2. The van der Waals surface area contributed by atoms with E-state index in [-0.39, 0.29) is 29.9 Å². The lowest BCUT2D eigenvalue weighted by Crippen LogP contribution is -2.47. The van der Waals surface area contributed by atoms with E-state index in [2.05, 4.69) is 21.9 Å². The highest BCUT2D eigenvalue weighted by Gasteiger charge is 2.42. The van der Waals surface area contributed by atoms with Crippen molar-refractivity contribution in [2.24, 2.45) is 11.8 Å². The Bertz CT molecular complexity index is 1030. The van der Waals surface area contributed by atoms with Crippen molar-refractivity contribution < 1.29 is 23.8 Å². The van der Waals surface area contributed by atoms with Gasteiger partial charge in [-0.05, 0) is 67.2 Å². The van der Waals surface area contributed by atoms with Crippen molar-refractivity contribution in [3.8, 4) is 0 Å². The summed E-state index contributed by atoms with van der Waals surface area (Å²) in [7, 11) is 0. The van der Waals surface area contributed by atoms with E-state index in [1.165, 1.54) is 17.7 Å². The molecule has 2 saturated heterocycles. The minimum absolute atomic E-state index is 0.0156. The maximum absolute atomic E-state index is 13.6. The number of carbonyl (C=O) groups is 1. The Labute approximate surface area is 219 Å². The monoisotopic (exact) mass is 514 g/mol. The molecule has 4 rings (SSSR count). The van der Waals surface area contributed by atoms with Gasteiger partial charge in [-0.25, -0.2) is 8.78 Å². The van der Waals surface area contributed by atoms with Gasteiger partial charge in [0, 0.05) is 38.1 Å². The molecule has 5 atom stereocenters. The molecule has 2 aliphatic heterocycles. The van der Waals surface area contributed by atoms with Gasteiger partial charge in [-0.15, -0.1) is 0 Å². The first kappa shape index (κ1) is 27.7. The van der Waals surface area contributed by atoms with Gasteiger partial charge in [0.1, 0.15) is 6.04 Å². The van der Waals surface area contributed by atoms with Gasteiger partial charge in [-0.1, -0.05) is 50.2 Å². The summed E-state index contributed by atoms with van der Waals surface area (Å²) < 4.78 is 26.9. The summed E-state index contributed by atoms with van der Waals surface area (Å²) in [4.78, 5) is 16.7. The van der Waals surface area contributed by atoms with Gasteiger partial charge < -0.3 is 10.2 Å². The average Bonchev–Trinajstić information content (AvgIpc) is 3.26. The summed E-state index contributed by atoms with van der Waals surface area (Å²) in [5, 5.41) is 20.4. The number of halogens is 2. The Balaban J connectivity index is 1.46. The van der Waals surface area contributed by atoms with Gasteiger partial charge in [0.05, 0.1) is 6.10 Å². The second-order valence-corrected chi connectivity index (χ2v) is 11.2. The van der Waals surface area contributed by atoms with Gasteiger partial charge >= 0.3 is 5.97 Å². The van der Waals surface area contributed by atoms with E-state index < -0.39 is 23.6 Å².